The van der Waals surface area contributed by atoms with E-state index in [-0.39, 0.29) is 34.7 Å². The first kappa shape index (κ1) is 20.6. The standard InChI is InChI=1S/C15H23N3O2S.2ClH/c19-18(20)14-10-13(11-21-14)15(12-4-2-1-3-5-12)17-8-6-16-7-9-17;;/h10-12,15-16H,1-9H2;2*1H/t15-;;/m1../s1. The molecule has 2 heterocycles. The fourth-order valence-electron chi connectivity index (χ4n) is 3.78. The quantitative estimate of drug-likeness (QED) is 0.631. The van der Waals surface area contributed by atoms with Crippen LogP contribution >= 0.6 is 36.2 Å². The van der Waals surface area contributed by atoms with Gasteiger partial charge in [0.2, 0.25) is 0 Å². The third kappa shape index (κ3) is 5.03. The lowest BCUT2D eigenvalue weighted by Gasteiger charge is -2.40. The summed E-state index contributed by atoms with van der Waals surface area (Å²) >= 11 is 1.27. The molecule has 0 bridgehead atoms. The molecular weight excluding hydrogens is 357 g/mol. The van der Waals surface area contributed by atoms with Crippen LogP contribution in [-0.4, -0.2) is 36.0 Å². The number of nitro groups is 1. The molecule has 2 fully saturated rings. The van der Waals surface area contributed by atoms with Gasteiger partial charge in [-0.1, -0.05) is 30.6 Å². The third-order valence-corrected chi connectivity index (χ3v) is 5.67. The predicted molar refractivity (Wildman–Crippen MR) is 99.2 cm³/mol. The third-order valence-electron chi connectivity index (χ3n) is 4.77. The van der Waals surface area contributed by atoms with Crippen LogP contribution in [-0.2, 0) is 0 Å². The topological polar surface area (TPSA) is 58.4 Å². The molecule has 1 aliphatic heterocycles. The predicted octanol–water partition coefficient (Wildman–Crippen LogP) is 4.03. The van der Waals surface area contributed by atoms with E-state index in [0.717, 1.165) is 26.2 Å². The van der Waals surface area contributed by atoms with E-state index in [1.54, 1.807) is 0 Å². The molecule has 1 saturated heterocycles. The zero-order valence-electron chi connectivity index (χ0n) is 13.1. The molecule has 1 saturated carbocycles. The Bertz CT molecular complexity index is 471. The smallest absolute Gasteiger partial charge is 0.314 e. The van der Waals surface area contributed by atoms with Crippen molar-refractivity contribution in [2.45, 2.75) is 38.1 Å². The second-order valence-electron chi connectivity index (χ2n) is 6.10. The van der Waals surface area contributed by atoms with Gasteiger partial charge in [-0.3, -0.25) is 15.0 Å². The van der Waals surface area contributed by atoms with E-state index >= 15 is 0 Å². The van der Waals surface area contributed by atoms with Gasteiger partial charge in [-0.2, -0.15) is 0 Å². The summed E-state index contributed by atoms with van der Waals surface area (Å²) in [7, 11) is 0. The second-order valence-corrected chi connectivity index (χ2v) is 6.99. The number of hydrogen-bond acceptors (Lipinski definition) is 5. The lowest BCUT2D eigenvalue weighted by molar-refractivity contribution is -0.380. The van der Waals surface area contributed by atoms with Crippen LogP contribution in [0.5, 0.6) is 0 Å². The van der Waals surface area contributed by atoms with Gasteiger partial charge in [0.15, 0.2) is 0 Å². The molecule has 8 heteroatoms. The van der Waals surface area contributed by atoms with E-state index < -0.39 is 0 Å². The summed E-state index contributed by atoms with van der Waals surface area (Å²) < 4.78 is 0. The molecule has 1 aromatic heterocycles. The molecule has 2 aliphatic rings. The first-order valence-electron chi connectivity index (χ1n) is 7.93. The molecular formula is C15H25Cl2N3O2S. The summed E-state index contributed by atoms with van der Waals surface area (Å²) in [5.74, 6) is 0.658. The summed E-state index contributed by atoms with van der Waals surface area (Å²) in [5.41, 5.74) is 1.17. The first-order chi connectivity index (χ1) is 10.3. The van der Waals surface area contributed by atoms with Gasteiger partial charge in [-0.15, -0.1) is 24.8 Å². The van der Waals surface area contributed by atoms with E-state index in [1.165, 1.54) is 49.0 Å². The molecule has 1 aliphatic carbocycles. The van der Waals surface area contributed by atoms with Crippen molar-refractivity contribution in [3.8, 4) is 0 Å². The van der Waals surface area contributed by atoms with E-state index in [9.17, 15) is 10.1 Å². The van der Waals surface area contributed by atoms with E-state index in [2.05, 4.69) is 10.2 Å². The SMILES string of the molecule is Cl.Cl.O=[N+]([O-])c1cc([C@@H](C2CCCCC2)N2CCNCC2)cs1. The highest BCUT2D eigenvalue weighted by Gasteiger charge is 2.32. The second kappa shape index (κ2) is 9.79. The Morgan fingerprint density at radius 1 is 1.22 bits per heavy atom. The van der Waals surface area contributed by atoms with Crippen molar-refractivity contribution in [3.63, 3.8) is 0 Å². The Hall–Kier alpha value is -0.400. The minimum atomic E-state index is -0.260. The molecule has 3 rings (SSSR count). The molecule has 132 valence electrons. The molecule has 1 atom stereocenters. The Morgan fingerprint density at radius 2 is 1.87 bits per heavy atom. The van der Waals surface area contributed by atoms with Gasteiger partial charge in [0, 0.05) is 43.7 Å². The highest BCUT2D eigenvalue weighted by molar-refractivity contribution is 7.13. The van der Waals surface area contributed by atoms with Crippen LogP contribution in [0.25, 0.3) is 0 Å². The molecule has 0 radical (unpaired) electrons. The lowest BCUT2D eigenvalue weighted by atomic mass is 9.81. The number of nitrogens with zero attached hydrogens (tertiary/aromatic N) is 2. The lowest BCUT2D eigenvalue weighted by Crippen LogP contribution is -2.47. The van der Waals surface area contributed by atoms with Gasteiger partial charge in [-0.25, -0.2) is 0 Å². The number of thiophene rings is 1. The summed E-state index contributed by atoms with van der Waals surface area (Å²) in [4.78, 5) is 13.3. The molecule has 5 nitrogen and oxygen atoms in total. The Morgan fingerprint density at radius 3 is 2.43 bits per heavy atom. The van der Waals surface area contributed by atoms with Crippen LogP contribution in [0.15, 0.2) is 11.4 Å². The zero-order chi connectivity index (χ0) is 14.7. The number of piperazine rings is 1. The molecule has 0 aromatic carbocycles. The largest absolute Gasteiger partial charge is 0.324 e. The minimum Gasteiger partial charge on any atom is -0.314 e. The first-order valence-corrected chi connectivity index (χ1v) is 8.81. The Kier molecular flexibility index (Phi) is 8.79. The minimum absolute atomic E-state index is 0. The monoisotopic (exact) mass is 381 g/mol. The number of hydrogen-bond donors (Lipinski definition) is 1. The summed E-state index contributed by atoms with van der Waals surface area (Å²) in [6.07, 6.45) is 6.48. The van der Waals surface area contributed by atoms with Gasteiger partial charge in [0.1, 0.15) is 0 Å². The van der Waals surface area contributed by atoms with Gasteiger partial charge < -0.3 is 5.32 Å². The number of rotatable bonds is 4. The molecule has 0 spiro atoms. The van der Waals surface area contributed by atoms with E-state index in [4.69, 9.17) is 0 Å². The fourth-order valence-corrected chi connectivity index (χ4v) is 4.54. The van der Waals surface area contributed by atoms with Gasteiger partial charge >= 0.3 is 5.00 Å². The highest BCUT2D eigenvalue weighted by Crippen LogP contribution is 2.41. The summed E-state index contributed by atoms with van der Waals surface area (Å²) in [5, 5.41) is 16.7. The fraction of sp³-hybridized carbons (Fsp3) is 0.733. The van der Waals surface area contributed by atoms with Crippen molar-refractivity contribution in [2.75, 3.05) is 26.2 Å². The van der Waals surface area contributed by atoms with Crippen molar-refractivity contribution in [3.05, 3.63) is 27.1 Å². The Balaban J connectivity index is 0.00000132. The maximum absolute atomic E-state index is 11.0. The van der Waals surface area contributed by atoms with Crippen LogP contribution in [0.1, 0.15) is 43.7 Å². The molecule has 1 aromatic rings. The molecule has 23 heavy (non-hydrogen) atoms. The van der Waals surface area contributed by atoms with Crippen molar-refractivity contribution in [1.29, 1.82) is 0 Å². The van der Waals surface area contributed by atoms with E-state index in [0.29, 0.717) is 12.0 Å². The maximum Gasteiger partial charge on any atom is 0.324 e. The van der Waals surface area contributed by atoms with E-state index in [1.807, 2.05) is 11.4 Å². The van der Waals surface area contributed by atoms with Crippen molar-refractivity contribution < 1.29 is 4.92 Å². The summed E-state index contributed by atoms with van der Waals surface area (Å²) in [6, 6.07) is 2.18. The zero-order valence-corrected chi connectivity index (χ0v) is 15.6. The average Bonchev–Trinajstić information content (AvgIpc) is 3.00. The maximum atomic E-state index is 11.0. The van der Waals surface area contributed by atoms with Crippen molar-refractivity contribution >= 4 is 41.2 Å². The van der Waals surface area contributed by atoms with Crippen LogP contribution in [0.4, 0.5) is 5.00 Å². The van der Waals surface area contributed by atoms with Crippen LogP contribution in [0.3, 0.4) is 0 Å². The van der Waals surface area contributed by atoms with Crippen LogP contribution < -0.4 is 5.32 Å². The molecule has 0 amide bonds. The van der Waals surface area contributed by atoms with Gasteiger partial charge in [-0.05, 0) is 24.3 Å². The summed E-state index contributed by atoms with van der Waals surface area (Å²) in [6.45, 7) is 4.14. The van der Waals surface area contributed by atoms with Gasteiger partial charge in [0.05, 0.1) is 4.92 Å². The molecule has 0 unspecified atom stereocenters. The highest BCUT2D eigenvalue weighted by atomic mass is 35.5. The normalized spacial score (nSPS) is 21.0. The van der Waals surface area contributed by atoms with Crippen molar-refractivity contribution in [1.82, 2.24) is 10.2 Å². The number of halogens is 2. The van der Waals surface area contributed by atoms with Crippen LogP contribution in [0, 0.1) is 16.0 Å². The number of nitrogens with one attached hydrogen (secondary N) is 1. The molecule has 1 N–H and O–H groups in total. The average molecular weight is 382 g/mol. The van der Waals surface area contributed by atoms with Gasteiger partial charge in [0.25, 0.3) is 0 Å². The van der Waals surface area contributed by atoms with Crippen LogP contribution in [0.2, 0.25) is 0 Å². The Labute approximate surface area is 153 Å². The van der Waals surface area contributed by atoms with Crippen molar-refractivity contribution in [2.24, 2.45) is 5.92 Å².